The lowest BCUT2D eigenvalue weighted by Gasteiger charge is -2.29. The summed E-state index contributed by atoms with van der Waals surface area (Å²) in [6.45, 7) is 0.803. The molecule has 1 amide bonds. The molecule has 1 heterocycles. The molecule has 1 fully saturated rings. The first-order valence-electron chi connectivity index (χ1n) is 5.20. The lowest BCUT2D eigenvalue weighted by atomic mass is 10.3. The van der Waals surface area contributed by atoms with E-state index in [-0.39, 0.29) is 24.8 Å². The maximum Gasteiger partial charge on any atom is 0.243 e. The highest BCUT2D eigenvalue weighted by molar-refractivity contribution is 5.81. The van der Waals surface area contributed by atoms with Crippen LogP contribution in [-0.4, -0.2) is 40.8 Å². The fraction of sp³-hybridized carbons (Fsp3) is 0.364. The number of rotatable bonds is 3. The number of aliphatic hydroxyl groups excluding tert-OH is 1. The van der Waals surface area contributed by atoms with E-state index in [2.05, 4.69) is 0 Å². The number of carbonyl (C=O) groups is 1. The smallest absolute Gasteiger partial charge is 0.243 e. The third-order valence-corrected chi connectivity index (χ3v) is 2.56. The van der Waals surface area contributed by atoms with Gasteiger partial charge in [0.2, 0.25) is 5.91 Å². The highest BCUT2D eigenvalue weighted by atomic mass is 16.3. The molecule has 0 spiro atoms. The normalized spacial score (nSPS) is 15.9. The van der Waals surface area contributed by atoms with Crippen LogP contribution in [0.25, 0.3) is 0 Å². The Hall–Kier alpha value is -1.75. The van der Waals surface area contributed by atoms with Crippen molar-refractivity contribution in [1.29, 1.82) is 0 Å². The standard InChI is InChI=1S/C11H14N2O3/c14-7-6-13-11(16)4-5-12(13)9-2-1-3-10(15)8-9/h1-3,8,14-15H,4-7H2. The van der Waals surface area contributed by atoms with Crippen LogP contribution in [-0.2, 0) is 4.79 Å². The summed E-state index contributed by atoms with van der Waals surface area (Å²) in [6.07, 6.45) is 0.440. The third-order valence-electron chi connectivity index (χ3n) is 2.56. The van der Waals surface area contributed by atoms with Crippen molar-refractivity contribution in [3.05, 3.63) is 24.3 Å². The van der Waals surface area contributed by atoms with Gasteiger partial charge in [0.05, 0.1) is 18.8 Å². The van der Waals surface area contributed by atoms with Gasteiger partial charge < -0.3 is 10.2 Å². The van der Waals surface area contributed by atoms with Gasteiger partial charge in [-0.3, -0.25) is 14.8 Å². The van der Waals surface area contributed by atoms with Crippen LogP contribution in [0.3, 0.4) is 0 Å². The van der Waals surface area contributed by atoms with Gasteiger partial charge in [-0.1, -0.05) is 6.07 Å². The van der Waals surface area contributed by atoms with Crippen molar-refractivity contribution in [2.24, 2.45) is 0 Å². The van der Waals surface area contributed by atoms with E-state index >= 15 is 0 Å². The van der Waals surface area contributed by atoms with Gasteiger partial charge >= 0.3 is 0 Å². The fourth-order valence-electron chi connectivity index (χ4n) is 1.85. The van der Waals surface area contributed by atoms with Gasteiger partial charge in [0, 0.05) is 19.0 Å². The van der Waals surface area contributed by atoms with Crippen molar-refractivity contribution in [2.45, 2.75) is 6.42 Å². The Labute approximate surface area is 93.5 Å². The number of phenols is 1. The van der Waals surface area contributed by atoms with E-state index in [1.165, 1.54) is 5.01 Å². The van der Waals surface area contributed by atoms with E-state index in [1.54, 1.807) is 23.2 Å². The van der Waals surface area contributed by atoms with Crippen LogP contribution in [0.1, 0.15) is 6.42 Å². The Morgan fingerprint density at radius 1 is 1.38 bits per heavy atom. The summed E-state index contributed by atoms with van der Waals surface area (Å²) in [6, 6.07) is 6.73. The third kappa shape index (κ3) is 1.94. The summed E-state index contributed by atoms with van der Waals surface area (Å²) in [5, 5.41) is 21.6. The molecule has 0 atom stereocenters. The molecular weight excluding hydrogens is 208 g/mol. The van der Waals surface area contributed by atoms with Gasteiger partial charge in [-0.2, -0.15) is 0 Å². The molecule has 0 saturated carbocycles. The lowest BCUT2D eigenvalue weighted by Crippen LogP contribution is -2.40. The van der Waals surface area contributed by atoms with Crippen LogP contribution in [0.4, 0.5) is 5.69 Å². The molecule has 0 bridgehead atoms. The molecule has 86 valence electrons. The number of β-amino-alcohol motifs (C(OH)–C–C–N with tert-alkyl or cyclic N) is 1. The molecular formula is C11H14N2O3. The van der Waals surface area contributed by atoms with Gasteiger partial charge in [-0.15, -0.1) is 0 Å². The minimum Gasteiger partial charge on any atom is -0.508 e. The molecule has 1 saturated heterocycles. The second-order valence-corrected chi connectivity index (χ2v) is 3.63. The van der Waals surface area contributed by atoms with Gasteiger partial charge in [0.15, 0.2) is 0 Å². The molecule has 2 N–H and O–H groups in total. The van der Waals surface area contributed by atoms with Gasteiger partial charge in [0.1, 0.15) is 5.75 Å². The average Bonchev–Trinajstić information content (AvgIpc) is 2.61. The molecule has 0 unspecified atom stereocenters. The van der Waals surface area contributed by atoms with Crippen LogP contribution in [0.2, 0.25) is 0 Å². The zero-order chi connectivity index (χ0) is 11.5. The largest absolute Gasteiger partial charge is 0.508 e. The van der Waals surface area contributed by atoms with Crippen LogP contribution in [0.15, 0.2) is 24.3 Å². The zero-order valence-corrected chi connectivity index (χ0v) is 8.83. The quantitative estimate of drug-likeness (QED) is 0.774. The van der Waals surface area contributed by atoms with Crippen molar-refractivity contribution in [3.63, 3.8) is 0 Å². The first kappa shape index (κ1) is 10.8. The first-order valence-corrected chi connectivity index (χ1v) is 5.20. The number of benzene rings is 1. The van der Waals surface area contributed by atoms with Crippen LogP contribution < -0.4 is 5.01 Å². The van der Waals surface area contributed by atoms with Crippen LogP contribution in [0, 0.1) is 0 Å². The second kappa shape index (κ2) is 4.40. The SMILES string of the molecule is O=C1CCN(c2cccc(O)c2)N1CCO. The average molecular weight is 222 g/mol. The number of aromatic hydroxyl groups is 1. The monoisotopic (exact) mass is 222 g/mol. The van der Waals surface area contributed by atoms with Crippen molar-refractivity contribution >= 4 is 11.6 Å². The van der Waals surface area contributed by atoms with E-state index < -0.39 is 0 Å². The van der Waals surface area contributed by atoms with E-state index in [1.807, 2.05) is 6.07 Å². The zero-order valence-electron chi connectivity index (χ0n) is 8.83. The summed E-state index contributed by atoms with van der Waals surface area (Å²) in [4.78, 5) is 11.5. The highest BCUT2D eigenvalue weighted by Crippen LogP contribution is 2.25. The van der Waals surface area contributed by atoms with Gasteiger partial charge in [-0.05, 0) is 12.1 Å². The summed E-state index contributed by atoms with van der Waals surface area (Å²) >= 11 is 0. The molecule has 5 heteroatoms. The molecule has 1 aliphatic rings. The molecule has 2 rings (SSSR count). The van der Waals surface area contributed by atoms with Crippen molar-refractivity contribution < 1.29 is 15.0 Å². The van der Waals surface area contributed by atoms with E-state index in [0.717, 1.165) is 5.69 Å². The fourth-order valence-corrected chi connectivity index (χ4v) is 1.85. The van der Waals surface area contributed by atoms with Crippen molar-refractivity contribution in [2.75, 3.05) is 24.7 Å². The van der Waals surface area contributed by atoms with E-state index in [0.29, 0.717) is 13.0 Å². The Bertz CT molecular complexity index is 395. The van der Waals surface area contributed by atoms with Crippen molar-refractivity contribution in [1.82, 2.24) is 5.01 Å². The molecule has 0 radical (unpaired) electrons. The number of amides is 1. The molecule has 1 aromatic carbocycles. The Morgan fingerprint density at radius 3 is 2.88 bits per heavy atom. The molecule has 16 heavy (non-hydrogen) atoms. The number of hydrogen-bond donors (Lipinski definition) is 2. The molecule has 1 aromatic rings. The highest BCUT2D eigenvalue weighted by Gasteiger charge is 2.28. The molecule has 1 aliphatic heterocycles. The topological polar surface area (TPSA) is 64.0 Å². The van der Waals surface area contributed by atoms with E-state index in [9.17, 15) is 9.90 Å². The number of hydrazine groups is 1. The predicted molar refractivity (Wildman–Crippen MR) is 58.9 cm³/mol. The Kier molecular flexibility index (Phi) is 2.96. The summed E-state index contributed by atoms with van der Waals surface area (Å²) in [5.41, 5.74) is 0.763. The minimum atomic E-state index is -0.0684. The first-order chi connectivity index (χ1) is 7.72. The number of nitrogens with zero attached hydrogens (tertiary/aromatic N) is 2. The van der Waals surface area contributed by atoms with Gasteiger partial charge in [0.25, 0.3) is 0 Å². The summed E-state index contributed by atoms with van der Waals surface area (Å²) < 4.78 is 0. The van der Waals surface area contributed by atoms with Gasteiger partial charge in [-0.25, -0.2) is 0 Å². The summed E-state index contributed by atoms with van der Waals surface area (Å²) in [7, 11) is 0. The Morgan fingerprint density at radius 2 is 2.19 bits per heavy atom. The second-order valence-electron chi connectivity index (χ2n) is 3.63. The lowest BCUT2D eigenvalue weighted by molar-refractivity contribution is -0.128. The maximum atomic E-state index is 11.5. The molecule has 0 aromatic heterocycles. The number of hydrogen-bond acceptors (Lipinski definition) is 4. The number of phenolic OH excluding ortho intramolecular Hbond substituents is 1. The van der Waals surface area contributed by atoms with Crippen LogP contribution in [0.5, 0.6) is 5.75 Å². The maximum absolute atomic E-state index is 11.5. The molecule has 0 aliphatic carbocycles. The predicted octanol–water partition coefficient (Wildman–Crippen LogP) is 0.338. The Balaban J connectivity index is 2.23. The number of anilines is 1. The summed E-state index contributed by atoms with van der Waals surface area (Å²) in [5.74, 6) is 0.165. The van der Waals surface area contributed by atoms with Crippen molar-refractivity contribution in [3.8, 4) is 5.75 Å². The van der Waals surface area contributed by atoms with E-state index in [4.69, 9.17) is 5.11 Å². The molecule has 5 nitrogen and oxygen atoms in total. The number of aliphatic hydroxyl groups is 1. The van der Waals surface area contributed by atoms with Crippen LogP contribution >= 0.6 is 0 Å². The number of carbonyl (C=O) groups excluding carboxylic acids is 1. The minimum absolute atomic E-state index is 0.00241.